The Morgan fingerprint density at radius 3 is 2.52 bits per heavy atom. The van der Waals surface area contributed by atoms with Crippen LogP contribution in [0.25, 0.3) is 0 Å². The fourth-order valence-corrected chi connectivity index (χ4v) is 1.77. The highest BCUT2D eigenvalue weighted by Gasteiger charge is 2.22. The number of methoxy groups -OCH3 is 1. The number of benzene rings is 1. The number of anilines is 1. The number of nitrogens with one attached hydrogen (secondary N) is 1. The zero-order valence-corrected chi connectivity index (χ0v) is 11.8. The number of nitrogens with two attached hydrogens (primary N) is 1. The molecule has 0 aliphatic carbocycles. The number of carbonyl (C=O) groups is 3. The quantitative estimate of drug-likeness (QED) is 0.499. The molecule has 0 saturated carbocycles. The molecule has 7 nitrogen and oxygen atoms in total. The number of rotatable bonds is 7. The number of Topliss-reactive ketones (excluding diaryl/α,β-unsaturated/α-hetero) is 1. The SMILES string of the molecule is COC(=O)[C@H](C)Nc1ccccc1C(=O)[C@@H](N)CC(=O)O. The van der Waals surface area contributed by atoms with Crippen molar-refractivity contribution in [3.05, 3.63) is 29.8 Å². The molecule has 0 spiro atoms. The zero-order valence-electron chi connectivity index (χ0n) is 11.8. The van der Waals surface area contributed by atoms with Gasteiger partial charge in [-0.1, -0.05) is 12.1 Å². The van der Waals surface area contributed by atoms with Crippen molar-refractivity contribution in [2.24, 2.45) is 5.73 Å². The molecule has 0 radical (unpaired) electrons. The summed E-state index contributed by atoms with van der Waals surface area (Å²) in [5.41, 5.74) is 6.23. The molecular formula is C14H18N2O5. The molecule has 21 heavy (non-hydrogen) atoms. The standard InChI is InChI=1S/C14H18N2O5/c1-8(14(20)21-2)16-11-6-4-3-5-9(11)13(19)10(15)7-12(17)18/h3-6,8,10,16H,7,15H2,1-2H3,(H,17,18)/t8-,10-/m0/s1. The monoisotopic (exact) mass is 294 g/mol. The van der Waals surface area contributed by atoms with Crippen molar-refractivity contribution in [2.45, 2.75) is 25.4 Å². The molecule has 0 amide bonds. The van der Waals surface area contributed by atoms with Crippen LogP contribution in [0.15, 0.2) is 24.3 Å². The van der Waals surface area contributed by atoms with Crippen molar-refractivity contribution in [3.8, 4) is 0 Å². The summed E-state index contributed by atoms with van der Waals surface area (Å²) in [5, 5.41) is 11.5. The van der Waals surface area contributed by atoms with Gasteiger partial charge in [-0.05, 0) is 19.1 Å². The molecule has 4 N–H and O–H groups in total. The number of carboxylic acid groups (broad SMARTS) is 1. The molecule has 1 rings (SSSR count). The number of aliphatic carboxylic acids is 1. The molecule has 7 heteroatoms. The number of hydrogen-bond donors (Lipinski definition) is 3. The summed E-state index contributed by atoms with van der Waals surface area (Å²) in [6.45, 7) is 1.59. The zero-order chi connectivity index (χ0) is 16.0. The molecule has 0 aliphatic heterocycles. The average Bonchev–Trinajstić information content (AvgIpc) is 2.45. The number of carbonyl (C=O) groups excluding carboxylic acids is 2. The van der Waals surface area contributed by atoms with Gasteiger partial charge in [-0.2, -0.15) is 0 Å². The van der Waals surface area contributed by atoms with Crippen LogP contribution >= 0.6 is 0 Å². The first kappa shape index (κ1) is 16.6. The summed E-state index contributed by atoms with van der Waals surface area (Å²) >= 11 is 0. The fraction of sp³-hybridized carbons (Fsp3) is 0.357. The Labute approximate surface area is 122 Å². The minimum absolute atomic E-state index is 0.238. The maximum Gasteiger partial charge on any atom is 0.327 e. The van der Waals surface area contributed by atoms with Gasteiger partial charge in [-0.3, -0.25) is 9.59 Å². The van der Waals surface area contributed by atoms with E-state index >= 15 is 0 Å². The number of esters is 1. The van der Waals surface area contributed by atoms with Crippen LogP contribution in [-0.4, -0.2) is 42.0 Å². The lowest BCUT2D eigenvalue weighted by Gasteiger charge is -2.17. The Morgan fingerprint density at radius 2 is 1.95 bits per heavy atom. The van der Waals surface area contributed by atoms with Crippen molar-refractivity contribution in [1.82, 2.24) is 0 Å². The average molecular weight is 294 g/mol. The van der Waals surface area contributed by atoms with E-state index in [1.807, 2.05) is 0 Å². The molecule has 0 unspecified atom stereocenters. The van der Waals surface area contributed by atoms with Crippen molar-refractivity contribution < 1.29 is 24.2 Å². The van der Waals surface area contributed by atoms with Crippen LogP contribution in [0.4, 0.5) is 5.69 Å². The van der Waals surface area contributed by atoms with Crippen LogP contribution in [0.1, 0.15) is 23.7 Å². The number of hydrogen-bond acceptors (Lipinski definition) is 6. The second-order valence-electron chi connectivity index (χ2n) is 4.50. The summed E-state index contributed by atoms with van der Waals surface area (Å²) in [6, 6.07) is 4.66. The van der Waals surface area contributed by atoms with E-state index in [4.69, 9.17) is 10.8 Å². The second kappa shape index (κ2) is 7.39. The number of para-hydroxylation sites is 1. The largest absolute Gasteiger partial charge is 0.481 e. The predicted octanol–water partition coefficient (Wildman–Crippen LogP) is 0.645. The minimum Gasteiger partial charge on any atom is -0.481 e. The van der Waals surface area contributed by atoms with Crippen LogP contribution in [0, 0.1) is 0 Å². The van der Waals surface area contributed by atoms with Gasteiger partial charge in [-0.15, -0.1) is 0 Å². The second-order valence-corrected chi connectivity index (χ2v) is 4.50. The molecule has 0 saturated heterocycles. The first-order chi connectivity index (χ1) is 9.86. The van der Waals surface area contributed by atoms with Crippen LogP contribution in [0.2, 0.25) is 0 Å². The third-order valence-corrected chi connectivity index (χ3v) is 2.85. The van der Waals surface area contributed by atoms with Crippen molar-refractivity contribution in [1.29, 1.82) is 0 Å². The summed E-state index contributed by atoms with van der Waals surface area (Å²) in [6.07, 6.45) is -0.459. The maximum absolute atomic E-state index is 12.2. The van der Waals surface area contributed by atoms with E-state index in [-0.39, 0.29) is 5.56 Å². The van der Waals surface area contributed by atoms with Gasteiger partial charge in [0, 0.05) is 11.3 Å². The van der Waals surface area contributed by atoms with Gasteiger partial charge in [0.25, 0.3) is 0 Å². The third-order valence-electron chi connectivity index (χ3n) is 2.85. The Balaban J connectivity index is 2.96. The van der Waals surface area contributed by atoms with Gasteiger partial charge < -0.3 is 20.9 Å². The lowest BCUT2D eigenvalue weighted by atomic mass is 10.0. The highest BCUT2D eigenvalue weighted by molar-refractivity contribution is 6.06. The van der Waals surface area contributed by atoms with E-state index in [0.29, 0.717) is 5.69 Å². The highest BCUT2D eigenvalue weighted by Crippen LogP contribution is 2.18. The Morgan fingerprint density at radius 1 is 1.33 bits per heavy atom. The molecule has 0 heterocycles. The van der Waals surface area contributed by atoms with Crippen molar-refractivity contribution >= 4 is 23.4 Å². The van der Waals surface area contributed by atoms with E-state index < -0.39 is 36.2 Å². The normalized spacial score (nSPS) is 13.1. The van der Waals surface area contributed by atoms with Gasteiger partial charge in [-0.25, -0.2) is 4.79 Å². The molecule has 0 aromatic heterocycles. The highest BCUT2D eigenvalue weighted by atomic mass is 16.5. The molecule has 1 aromatic rings. The van der Waals surface area contributed by atoms with E-state index in [2.05, 4.69) is 10.1 Å². The van der Waals surface area contributed by atoms with Gasteiger partial charge in [0.1, 0.15) is 6.04 Å². The lowest BCUT2D eigenvalue weighted by Crippen LogP contribution is -2.34. The van der Waals surface area contributed by atoms with Crippen LogP contribution in [0.3, 0.4) is 0 Å². The number of ether oxygens (including phenoxy) is 1. The predicted molar refractivity (Wildman–Crippen MR) is 76.1 cm³/mol. The molecule has 1 aromatic carbocycles. The first-order valence-corrected chi connectivity index (χ1v) is 6.31. The molecule has 0 fully saturated rings. The number of ketones is 1. The Kier molecular flexibility index (Phi) is 5.86. The van der Waals surface area contributed by atoms with Crippen molar-refractivity contribution in [2.75, 3.05) is 12.4 Å². The van der Waals surface area contributed by atoms with Crippen molar-refractivity contribution in [3.63, 3.8) is 0 Å². The topological polar surface area (TPSA) is 119 Å². The van der Waals surface area contributed by atoms with Crippen LogP contribution in [0.5, 0.6) is 0 Å². The molecule has 0 bridgehead atoms. The molecule has 114 valence electrons. The Hall–Kier alpha value is -2.41. The first-order valence-electron chi connectivity index (χ1n) is 6.31. The van der Waals surface area contributed by atoms with Gasteiger partial charge in [0.15, 0.2) is 5.78 Å². The molecular weight excluding hydrogens is 276 g/mol. The van der Waals surface area contributed by atoms with E-state index in [0.717, 1.165) is 0 Å². The van der Waals surface area contributed by atoms with E-state index in [1.165, 1.54) is 13.2 Å². The minimum atomic E-state index is -1.15. The Bertz CT molecular complexity index is 544. The summed E-state index contributed by atoms with van der Waals surface area (Å²) in [4.78, 5) is 34.2. The molecule has 2 atom stereocenters. The summed E-state index contributed by atoms with van der Waals surface area (Å²) in [5.74, 6) is -2.13. The fourth-order valence-electron chi connectivity index (χ4n) is 1.77. The smallest absolute Gasteiger partial charge is 0.327 e. The summed E-state index contributed by atoms with van der Waals surface area (Å²) < 4.78 is 4.60. The lowest BCUT2D eigenvalue weighted by molar-refractivity contribution is -0.141. The maximum atomic E-state index is 12.2. The van der Waals surface area contributed by atoms with Gasteiger partial charge in [0.05, 0.1) is 19.6 Å². The molecule has 0 aliphatic rings. The summed E-state index contributed by atoms with van der Waals surface area (Å²) in [7, 11) is 1.26. The van der Waals surface area contributed by atoms with E-state index in [9.17, 15) is 14.4 Å². The third kappa shape index (κ3) is 4.57. The van der Waals surface area contributed by atoms with E-state index in [1.54, 1.807) is 25.1 Å². The van der Waals surface area contributed by atoms with Gasteiger partial charge >= 0.3 is 11.9 Å². The van der Waals surface area contributed by atoms with Crippen LogP contribution < -0.4 is 11.1 Å². The van der Waals surface area contributed by atoms with Gasteiger partial charge in [0.2, 0.25) is 0 Å². The number of carboxylic acids is 1. The van der Waals surface area contributed by atoms with Crippen LogP contribution in [-0.2, 0) is 14.3 Å².